The second-order valence-corrected chi connectivity index (χ2v) is 1.67. The zero-order valence-corrected chi connectivity index (χ0v) is 5.46. The van der Waals surface area contributed by atoms with E-state index in [1.165, 1.54) is 6.08 Å². The van der Waals surface area contributed by atoms with Crippen LogP contribution in [0, 0.1) is 0 Å². The Balaban J connectivity index is 3.38. The lowest BCUT2D eigenvalue weighted by Gasteiger charge is -1.84. The Labute approximate surface area is 54.6 Å². The van der Waals surface area contributed by atoms with E-state index in [0.717, 1.165) is 6.29 Å². The third kappa shape index (κ3) is 4.94. The third-order valence-electron chi connectivity index (χ3n) is 0.861. The molecule has 0 bridgehead atoms. The summed E-state index contributed by atoms with van der Waals surface area (Å²) in [7, 11) is 0. The maximum atomic E-state index is 10.6. The molecule has 0 aromatic carbocycles. The smallest absolute Gasteiger partial charge is 0.155 e. The second-order valence-electron chi connectivity index (χ2n) is 1.67. The highest BCUT2D eigenvalue weighted by atomic mass is 16.1. The van der Waals surface area contributed by atoms with E-state index in [4.69, 9.17) is 0 Å². The molecule has 0 aromatic rings. The molecular formula is C7H10O2. The van der Waals surface area contributed by atoms with Crippen LogP contribution in [0.1, 0.15) is 19.8 Å². The van der Waals surface area contributed by atoms with Crippen LogP contribution >= 0.6 is 0 Å². The normalized spacial score (nSPS) is 9.89. The van der Waals surface area contributed by atoms with Gasteiger partial charge in [-0.15, -0.1) is 0 Å². The number of carbonyl (C=O) groups excluding carboxylic acids is 2. The first-order valence-corrected chi connectivity index (χ1v) is 2.90. The Bertz CT molecular complexity index is 125. The first-order valence-electron chi connectivity index (χ1n) is 2.90. The van der Waals surface area contributed by atoms with Crippen LogP contribution in [-0.4, -0.2) is 12.1 Å². The van der Waals surface area contributed by atoms with Crippen LogP contribution in [0.25, 0.3) is 0 Å². The van der Waals surface area contributed by atoms with Gasteiger partial charge >= 0.3 is 0 Å². The van der Waals surface area contributed by atoms with Crippen LogP contribution in [0.15, 0.2) is 12.2 Å². The van der Waals surface area contributed by atoms with E-state index in [1.54, 1.807) is 13.0 Å². The predicted octanol–water partition coefficient (Wildman–Crippen LogP) is 1.11. The van der Waals surface area contributed by atoms with E-state index >= 15 is 0 Å². The van der Waals surface area contributed by atoms with Crippen molar-refractivity contribution in [3.63, 3.8) is 0 Å². The predicted molar refractivity (Wildman–Crippen MR) is 35.1 cm³/mol. The fraction of sp³-hybridized carbons (Fsp3) is 0.429. The van der Waals surface area contributed by atoms with Crippen LogP contribution in [-0.2, 0) is 9.59 Å². The van der Waals surface area contributed by atoms with Crippen molar-refractivity contribution in [1.82, 2.24) is 0 Å². The Morgan fingerprint density at radius 3 is 2.67 bits per heavy atom. The molecule has 0 saturated carbocycles. The van der Waals surface area contributed by atoms with Gasteiger partial charge in [0.1, 0.15) is 6.29 Å². The van der Waals surface area contributed by atoms with E-state index < -0.39 is 0 Å². The largest absolute Gasteiger partial charge is 0.303 e. The van der Waals surface area contributed by atoms with E-state index in [-0.39, 0.29) is 5.78 Å². The molecule has 0 atom stereocenters. The fourth-order valence-corrected chi connectivity index (χ4v) is 0.470. The first-order chi connectivity index (χ1) is 4.31. The Hall–Kier alpha value is -0.920. The molecule has 2 nitrogen and oxygen atoms in total. The molecule has 2 heteroatoms. The minimum atomic E-state index is 0.0181. The second kappa shape index (κ2) is 5.22. The number of hydrogen-bond donors (Lipinski definition) is 0. The summed E-state index contributed by atoms with van der Waals surface area (Å²) in [6, 6.07) is 0. The minimum Gasteiger partial charge on any atom is -0.303 e. The Morgan fingerprint density at radius 2 is 2.22 bits per heavy atom. The number of ketones is 1. The molecule has 0 amide bonds. The molecule has 0 heterocycles. The fourth-order valence-electron chi connectivity index (χ4n) is 0.470. The van der Waals surface area contributed by atoms with Gasteiger partial charge in [0.25, 0.3) is 0 Å². The number of carbonyl (C=O) groups is 2. The summed E-state index contributed by atoms with van der Waals surface area (Å²) in [6.45, 7) is 1.78. The van der Waals surface area contributed by atoms with Gasteiger partial charge in [0.2, 0.25) is 0 Å². The summed E-state index contributed by atoms with van der Waals surface area (Å²) in [5, 5.41) is 0. The monoisotopic (exact) mass is 126 g/mol. The highest BCUT2D eigenvalue weighted by Gasteiger charge is 1.92. The molecule has 0 spiro atoms. The molecule has 9 heavy (non-hydrogen) atoms. The molecule has 0 rings (SSSR count). The van der Waals surface area contributed by atoms with Gasteiger partial charge in [0, 0.05) is 12.8 Å². The van der Waals surface area contributed by atoms with Gasteiger partial charge in [0.15, 0.2) is 5.78 Å². The van der Waals surface area contributed by atoms with Gasteiger partial charge in [-0.2, -0.15) is 0 Å². The van der Waals surface area contributed by atoms with Gasteiger partial charge in [-0.25, -0.2) is 0 Å². The van der Waals surface area contributed by atoms with Crippen molar-refractivity contribution in [3.05, 3.63) is 12.2 Å². The van der Waals surface area contributed by atoms with Gasteiger partial charge in [-0.05, 0) is 13.0 Å². The van der Waals surface area contributed by atoms with Crippen molar-refractivity contribution >= 4 is 12.1 Å². The molecular weight excluding hydrogens is 116 g/mol. The van der Waals surface area contributed by atoms with Crippen LogP contribution in [0.4, 0.5) is 0 Å². The van der Waals surface area contributed by atoms with E-state index in [1.807, 2.05) is 0 Å². The number of aldehydes is 1. The molecule has 0 aliphatic heterocycles. The highest BCUT2D eigenvalue weighted by molar-refractivity contribution is 5.90. The van der Waals surface area contributed by atoms with E-state index in [9.17, 15) is 9.59 Å². The van der Waals surface area contributed by atoms with Crippen molar-refractivity contribution in [1.29, 1.82) is 0 Å². The average molecular weight is 126 g/mol. The van der Waals surface area contributed by atoms with Gasteiger partial charge in [-0.3, -0.25) is 4.79 Å². The quantitative estimate of drug-likeness (QED) is 0.417. The Morgan fingerprint density at radius 1 is 1.56 bits per heavy atom. The minimum absolute atomic E-state index is 0.0181. The van der Waals surface area contributed by atoms with Crippen molar-refractivity contribution in [2.45, 2.75) is 19.8 Å². The number of hydrogen-bond acceptors (Lipinski definition) is 2. The molecule has 0 aromatic heterocycles. The van der Waals surface area contributed by atoms with Gasteiger partial charge in [0.05, 0.1) is 0 Å². The van der Waals surface area contributed by atoms with Gasteiger partial charge in [-0.1, -0.05) is 6.08 Å². The molecule has 0 radical (unpaired) electrons. The summed E-state index contributed by atoms with van der Waals surface area (Å²) in [4.78, 5) is 20.3. The molecule has 50 valence electrons. The van der Waals surface area contributed by atoms with Crippen molar-refractivity contribution in [2.75, 3.05) is 0 Å². The van der Waals surface area contributed by atoms with Crippen LogP contribution in [0.5, 0.6) is 0 Å². The van der Waals surface area contributed by atoms with Gasteiger partial charge < -0.3 is 4.79 Å². The standard InChI is InChI=1S/C7H10O2/c1-2-4-7(9)5-3-6-8/h2,4,6H,3,5H2,1H3. The Kier molecular flexibility index (Phi) is 4.69. The molecule has 0 N–H and O–H groups in total. The molecule has 0 aliphatic carbocycles. The van der Waals surface area contributed by atoms with Crippen molar-refractivity contribution < 1.29 is 9.59 Å². The summed E-state index contributed by atoms with van der Waals surface area (Å²) in [6.07, 6.45) is 4.58. The van der Waals surface area contributed by atoms with Crippen molar-refractivity contribution in [2.24, 2.45) is 0 Å². The summed E-state index contributed by atoms with van der Waals surface area (Å²) in [5.74, 6) is 0.0181. The maximum absolute atomic E-state index is 10.6. The molecule has 0 unspecified atom stereocenters. The topological polar surface area (TPSA) is 34.1 Å². The third-order valence-corrected chi connectivity index (χ3v) is 0.861. The SMILES string of the molecule is CC=CC(=O)CCC=O. The zero-order chi connectivity index (χ0) is 7.11. The average Bonchev–Trinajstić information content (AvgIpc) is 1.85. The van der Waals surface area contributed by atoms with Crippen molar-refractivity contribution in [3.8, 4) is 0 Å². The lowest BCUT2D eigenvalue weighted by Crippen LogP contribution is -1.91. The lowest BCUT2D eigenvalue weighted by molar-refractivity contribution is -0.116. The number of rotatable bonds is 4. The highest BCUT2D eigenvalue weighted by Crippen LogP contribution is 1.88. The lowest BCUT2D eigenvalue weighted by atomic mass is 10.2. The molecule has 0 saturated heterocycles. The van der Waals surface area contributed by atoms with Crippen LogP contribution in [0.3, 0.4) is 0 Å². The summed E-state index contributed by atoms with van der Waals surface area (Å²) in [5.41, 5.74) is 0. The summed E-state index contributed by atoms with van der Waals surface area (Å²) < 4.78 is 0. The number of allylic oxidation sites excluding steroid dienone is 2. The molecule has 0 aliphatic rings. The first kappa shape index (κ1) is 8.08. The zero-order valence-electron chi connectivity index (χ0n) is 5.46. The summed E-state index contributed by atoms with van der Waals surface area (Å²) >= 11 is 0. The van der Waals surface area contributed by atoms with Crippen LogP contribution < -0.4 is 0 Å². The van der Waals surface area contributed by atoms with Crippen LogP contribution in [0.2, 0.25) is 0 Å². The van der Waals surface area contributed by atoms with E-state index in [2.05, 4.69) is 0 Å². The maximum Gasteiger partial charge on any atom is 0.155 e. The van der Waals surface area contributed by atoms with E-state index in [0.29, 0.717) is 12.8 Å². The molecule has 0 fully saturated rings.